The van der Waals surface area contributed by atoms with E-state index in [0.29, 0.717) is 18.0 Å². The van der Waals surface area contributed by atoms with E-state index < -0.39 is 23.8 Å². The van der Waals surface area contributed by atoms with Crippen molar-refractivity contribution in [2.75, 3.05) is 5.32 Å². The summed E-state index contributed by atoms with van der Waals surface area (Å²) >= 11 is 0. The van der Waals surface area contributed by atoms with Gasteiger partial charge in [-0.05, 0) is 24.0 Å². The third-order valence-corrected chi connectivity index (χ3v) is 4.20. The Morgan fingerprint density at radius 2 is 2.05 bits per heavy atom. The number of benzene rings is 1. The van der Waals surface area contributed by atoms with Gasteiger partial charge in [-0.2, -0.15) is 0 Å². The molecule has 0 saturated heterocycles. The molecule has 1 aromatic carbocycles. The predicted molar refractivity (Wildman–Crippen MR) is 79.3 cm³/mol. The van der Waals surface area contributed by atoms with Crippen molar-refractivity contribution >= 4 is 23.5 Å². The molecule has 0 aromatic heterocycles. The Bertz CT molecular complexity index is 624. The van der Waals surface area contributed by atoms with Gasteiger partial charge in [0.25, 0.3) is 0 Å². The monoisotopic (exact) mass is 302 g/mol. The van der Waals surface area contributed by atoms with Crippen molar-refractivity contribution in [3.63, 3.8) is 0 Å². The van der Waals surface area contributed by atoms with Gasteiger partial charge in [0.15, 0.2) is 0 Å². The van der Waals surface area contributed by atoms with Crippen LogP contribution in [0.4, 0.5) is 5.69 Å². The van der Waals surface area contributed by atoms with Crippen LogP contribution in [0.5, 0.6) is 0 Å². The van der Waals surface area contributed by atoms with E-state index in [4.69, 9.17) is 0 Å². The van der Waals surface area contributed by atoms with E-state index in [1.54, 1.807) is 24.3 Å². The van der Waals surface area contributed by atoms with Crippen molar-refractivity contribution < 1.29 is 19.5 Å². The van der Waals surface area contributed by atoms with Crippen LogP contribution >= 0.6 is 0 Å². The molecule has 0 radical (unpaired) electrons. The molecule has 0 bridgehead atoms. The molecule has 1 aliphatic heterocycles. The van der Waals surface area contributed by atoms with Gasteiger partial charge in [0, 0.05) is 12.1 Å². The topological polar surface area (TPSA) is 95.5 Å². The Morgan fingerprint density at radius 3 is 2.73 bits per heavy atom. The van der Waals surface area contributed by atoms with Gasteiger partial charge in [-0.15, -0.1) is 0 Å². The summed E-state index contributed by atoms with van der Waals surface area (Å²) in [5, 5.41) is 14.6. The smallest absolute Gasteiger partial charge is 0.326 e. The molecule has 1 aliphatic carbocycles. The molecule has 1 saturated carbocycles. The van der Waals surface area contributed by atoms with E-state index in [-0.39, 0.29) is 12.3 Å². The lowest BCUT2D eigenvalue weighted by atomic mass is 9.89. The molecule has 2 unspecified atom stereocenters. The summed E-state index contributed by atoms with van der Waals surface area (Å²) in [6.45, 7) is 0. The molecule has 1 fully saturated rings. The zero-order chi connectivity index (χ0) is 15.7. The molecular formula is C16H18N2O4. The van der Waals surface area contributed by atoms with Crippen molar-refractivity contribution in [1.29, 1.82) is 0 Å². The highest BCUT2D eigenvalue weighted by Crippen LogP contribution is 2.35. The molecule has 3 rings (SSSR count). The minimum Gasteiger partial charge on any atom is -0.480 e. The standard InChI is InChI=1S/C16H18N2O4/c19-14-8-11(10-3-1-2-4-12(10)17-14)15(20)18-13(16(21)22)7-9-5-6-9/h1-4,9,11,13H,5-8H2,(H,17,19)(H,18,20)(H,21,22). The Balaban J connectivity index is 1.76. The molecule has 116 valence electrons. The minimum absolute atomic E-state index is 0.0403. The zero-order valence-corrected chi connectivity index (χ0v) is 12.0. The van der Waals surface area contributed by atoms with Crippen LogP contribution in [0, 0.1) is 5.92 Å². The number of rotatable bonds is 5. The van der Waals surface area contributed by atoms with Gasteiger partial charge in [-0.1, -0.05) is 31.0 Å². The quantitative estimate of drug-likeness (QED) is 0.767. The van der Waals surface area contributed by atoms with E-state index >= 15 is 0 Å². The molecule has 6 heteroatoms. The Kier molecular flexibility index (Phi) is 3.83. The first-order valence-electron chi connectivity index (χ1n) is 7.46. The van der Waals surface area contributed by atoms with Gasteiger partial charge in [0.2, 0.25) is 11.8 Å². The van der Waals surface area contributed by atoms with E-state index in [2.05, 4.69) is 10.6 Å². The van der Waals surface area contributed by atoms with Crippen LogP contribution < -0.4 is 10.6 Å². The third-order valence-electron chi connectivity index (χ3n) is 4.20. The molecule has 2 aliphatic rings. The fourth-order valence-corrected chi connectivity index (χ4v) is 2.83. The summed E-state index contributed by atoms with van der Waals surface area (Å²) in [5.74, 6) is -1.88. The number of anilines is 1. The fourth-order valence-electron chi connectivity index (χ4n) is 2.83. The van der Waals surface area contributed by atoms with Crippen molar-refractivity contribution in [2.45, 2.75) is 37.6 Å². The molecular weight excluding hydrogens is 284 g/mol. The van der Waals surface area contributed by atoms with E-state index in [1.807, 2.05) is 0 Å². The van der Waals surface area contributed by atoms with Crippen LogP contribution in [0.2, 0.25) is 0 Å². The van der Waals surface area contributed by atoms with Gasteiger partial charge in [0.1, 0.15) is 6.04 Å². The van der Waals surface area contributed by atoms with Crippen LogP contribution in [0.3, 0.4) is 0 Å². The number of carbonyl (C=O) groups excluding carboxylic acids is 2. The van der Waals surface area contributed by atoms with E-state index in [0.717, 1.165) is 18.4 Å². The molecule has 0 spiro atoms. The number of fused-ring (bicyclic) bond motifs is 1. The average Bonchev–Trinajstić information content (AvgIpc) is 3.29. The Morgan fingerprint density at radius 1 is 1.32 bits per heavy atom. The number of nitrogens with one attached hydrogen (secondary N) is 2. The van der Waals surface area contributed by atoms with Gasteiger partial charge in [-0.3, -0.25) is 9.59 Å². The van der Waals surface area contributed by atoms with Crippen molar-refractivity contribution in [3.05, 3.63) is 29.8 Å². The Hall–Kier alpha value is -2.37. The predicted octanol–water partition coefficient (Wildman–Crippen LogP) is 1.48. The molecule has 1 heterocycles. The molecule has 6 nitrogen and oxygen atoms in total. The summed E-state index contributed by atoms with van der Waals surface area (Å²) in [5.41, 5.74) is 1.35. The van der Waals surface area contributed by atoms with Crippen LogP contribution in [0.25, 0.3) is 0 Å². The van der Waals surface area contributed by atoms with Crippen LogP contribution in [0.15, 0.2) is 24.3 Å². The maximum absolute atomic E-state index is 12.5. The van der Waals surface area contributed by atoms with Crippen molar-refractivity contribution in [3.8, 4) is 0 Å². The molecule has 22 heavy (non-hydrogen) atoms. The van der Waals surface area contributed by atoms with E-state index in [1.165, 1.54) is 0 Å². The third kappa shape index (κ3) is 3.10. The second-order valence-electron chi connectivity index (χ2n) is 5.97. The lowest BCUT2D eigenvalue weighted by Gasteiger charge is -2.26. The first-order valence-corrected chi connectivity index (χ1v) is 7.46. The number of amides is 2. The lowest BCUT2D eigenvalue weighted by Crippen LogP contribution is -2.44. The fraction of sp³-hybridized carbons (Fsp3) is 0.438. The van der Waals surface area contributed by atoms with Crippen molar-refractivity contribution in [1.82, 2.24) is 5.32 Å². The molecule has 2 atom stereocenters. The summed E-state index contributed by atoms with van der Waals surface area (Å²) in [6.07, 6.45) is 2.54. The van der Waals surface area contributed by atoms with Gasteiger partial charge in [0.05, 0.1) is 5.92 Å². The maximum atomic E-state index is 12.5. The number of hydrogen-bond acceptors (Lipinski definition) is 3. The van der Waals surface area contributed by atoms with Gasteiger partial charge in [-0.25, -0.2) is 4.79 Å². The highest BCUT2D eigenvalue weighted by molar-refractivity contribution is 6.01. The number of carbonyl (C=O) groups is 3. The summed E-state index contributed by atoms with van der Waals surface area (Å²) in [6, 6.07) is 6.24. The highest BCUT2D eigenvalue weighted by atomic mass is 16.4. The number of aliphatic carboxylic acids is 1. The zero-order valence-electron chi connectivity index (χ0n) is 12.0. The Labute approximate surface area is 127 Å². The lowest BCUT2D eigenvalue weighted by molar-refractivity contribution is -0.142. The van der Waals surface area contributed by atoms with Crippen LogP contribution in [-0.4, -0.2) is 28.9 Å². The molecule has 2 amide bonds. The average molecular weight is 302 g/mol. The second-order valence-corrected chi connectivity index (χ2v) is 5.97. The SMILES string of the molecule is O=C1CC(C(=O)NC(CC2CC2)C(=O)O)c2ccccc2N1. The highest BCUT2D eigenvalue weighted by Gasteiger charge is 2.35. The van der Waals surface area contributed by atoms with Crippen LogP contribution in [0.1, 0.15) is 37.2 Å². The minimum atomic E-state index is -1.02. The molecule has 1 aromatic rings. The van der Waals surface area contributed by atoms with Gasteiger partial charge < -0.3 is 15.7 Å². The number of para-hydroxylation sites is 1. The first kappa shape index (κ1) is 14.6. The number of carboxylic acid groups (broad SMARTS) is 1. The van der Waals surface area contributed by atoms with Gasteiger partial charge >= 0.3 is 5.97 Å². The normalized spacial score (nSPS) is 21.5. The second kappa shape index (κ2) is 5.79. The molecule has 3 N–H and O–H groups in total. The first-order chi connectivity index (χ1) is 10.5. The number of carboxylic acids is 1. The summed E-state index contributed by atoms with van der Waals surface area (Å²) in [7, 11) is 0. The van der Waals surface area contributed by atoms with E-state index in [9.17, 15) is 19.5 Å². The van der Waals surface area contributed by atoms with Crippen LogP contribution in [-0.2, 0) is 14.4 Å². The number of hydrogen-bond donors (Lipinski definition) is 3. The summed E-state index contributed by atoms with van der Waals surface area (Å²) in [4.78, 5) is 35.5. The largest absolute Gasteiger partial charge is 0.480 e. The van der Waals surface area contributed by atoms with Crippen molar-refractivity contribution in [2.24, 2.45) is 5.92 Å². The summed E-state index contributed by atoms with van der Waals surface area (Å²) < 4.78 is 0. The maximum Gasteiger partial charge on any atom is 0.326 e.